The van der Waals surface area contributed by atoms with Crippen LogP contribution in [-0.2, 0) is 11.2 Å². The highest BCUT2D eigenvalue weighted by atomic mass is 19.1. The van der Waals surface area contributed by atoms with Gasteiger partial charge in [0.05, 0.1) is 19.9 Å². The lowest BCUT2D eigenvalue weighted by atomic mass is 9.91. The van der Waals surface area contributed by atoms with Crippen LogP contribution in [0.1, 0.15) is 36.4 Å². The molecule has 4 rings (SSSR count). The quantitative estimate of drug-likeness (QED) is 0.603. The van der Waals surface area contributed by atoms with Gasteiger partial charge < -0.3 is 18.9 Å². The SMILES string of the molecule is COc1ccc(CCC(=O)N2CCC(c3noc4cc(F)ccc34)CC2)cc1OC. The molecule has 1 saturated heterocycles. The first-order valence-electron chi connectivity index (χ1n) is 10.1. The molecule has 2 aromatic carbocycles. The number of aryl methyl sites for hydroxylation is 1. The fourth-order valence-electron chi connectivity index (χ4n) is 4.07. The number of methoxy groups -OCH3 is 2. The minimum atomic E-state index is -0.333. The van der Waals surface area contributed by atoms with Crippen molar-refractivity contribution in [1.29, 1.82) is 0 Å². The predicted molar refractivity (Wildman–Crippen MR) is 110 cm³/mol. The number of carbonyl (C=O) groups is 1. The van der Waals surface area contributed by atoms with Crippen molar-refractivity contribution in [3.05, 3.63) is 53.5 Å². The standard InChI is InChI=1S/C23H25FN2O4/c1-28-19-7-3-15(13-21(19)29-2)4-8-22(27)26-11-9-16(10-12-26)23-18-6-5-17(24)14-20(18)30-25-23/h3,5-7,13-14,16H,4,8-12H2,1-2H3. The molecule has 2 heterocycles. The molecule has 1 aromatic heterocycles. The zero-order chi connectivity index (χ0) is 21.1. The Bertz CT molecular complexity index is 1040. The summed E-state index contributed by atoms with van der Waals surface area (Å²) >= 11 is 0. The van der Waals surface area contributed by atoms with E-state index in [-0.39, 0.29) is 17.6 Å². The molecule has 30 heavy (non-hydrogen) atoms. The molecule has 0 saturated carbocycles. The summed E-state index contributed by atoms with van der Waals surface area (Å²) in [5, 5.41) is 5.03. The topological polar surface area (TPSA) is 64.8 Å². The van der Waals surface area contributed by atoms with Crippen molar-refractivity contribution in [3.8, 4) is 11.5 Å². The van der Waals surface area contributed by atoms with Crippen LogP contribution < -0.4 is 9.47 Å². The number of fused-ring (bicyclic) bond motifs is 1. The molecule has 0 atom stereocenters. The van der Waals surface area contributed by atoms with Gasteiger partial charge in [-0.3, -0.25) is 4.79 Å². The average molecular weight is 412 g/mol. The van der Waals surface area contributed by atoms with E-state index in [2.05, 4.69) is 5.16 Å². The molecule has 3 aromatic rings. The van der Waals surface area contributed by atoms with E-state index in [1.54, 1.807) is 20.3 Å². The number of piperidine rings is 1. The Morgan fingerprint density at radius 3 is 2.63 bits per heavy atom. The number of benzene rings is 2. The number of nitrogens with zero attached hydrogens (tertiary/aromatic N) is 2. The molecule has 0 N–H and O–H groups in total. The highest BCUT2D eigenvalue weighted by Gasteiger charge is 2.27. The summed E-state index contributed by atoms with van der Waals surface area (Å²) in [6, 6.07) is 10.2. The molecule has 1 fully saturated rings. The summed E-state index contributed by atoms with van der Waals surface area (Å²) in [7, 11) is 3.20. The van der Waals surface area contributed by atoms with Gasteiger partial charge in [-0.1, -0.05) is 11.2 Å². The van der Waals surface area contributed by atoms with Gasteiger partial charge in [-0.2, -0.15) is 0 Å². The Morgan fingerprint density at radius 1 is 1.13 bits per heavy atom. The van der Waals surface area contributed by atoms with Gasteiger partial charge in [-0.05, 0) is 49.1 Å². The van der Waals surface area contributed by atoms with Crippen LogP contribution in [0.25, 0.3) is 11.0 Å². The first-order chi connectivity index (χ1) is 14.6. The summed E-state index contributed by atoms with van der Waals surface area (Å²) in [5.74, 6) is 1.38. The van der Waals surface area contributed by atoms with E-state index < -0.39 is 0 Å². The number of carbonyl (C=O) groups excluding carboxylic acids is 1. The summed E-state index contributed by atoms with van der Waals surface area (Å²) < 4.78 is 29.2. The minimum absolute atomic E-state index is 0.148. The molecular weight excluding hydrogens is 387 g/mol. The summed E-state index contributed by atoms with van der Waals surface area (Å²) in [4.78, 5) is 14.6. The molecule has 1 amide bonds. The molecule has 0 unspecified atom stereocenters. The van der Waals surface area contributed by atoms with Gasteiger partial charge >= 0.3 is 0 Å². The van der Waals surface area contributed by atoms with E-state index in [4.69, 9.17) is 14.0 Å². The maximum Gasteiger partial charge on any atom is 0.222 e. The maximum absolute atomic E-state index is 13.4. The Hall–Kier alpha value is -3.09. The summed E-state index contributed by atoms with van der Waals surface area (Å²) in [6.45, 7) is 1.37. The Morgan fingerprint density at radius 2 is 1.90 bits per heavy atom. The molecule has 6 nitrogen and oxygen atoms in total. The maximum atomic E-state index is 13.4. The van der Waals surface area contributed by atoms with Crippen molar-refractivity contribution in [1.82, 2.24) is 10.1 Å². The van der Waals surface area contributed by atoms with Crippen molar-refractivity contribution in [2.24, 2.45) is 0 Å². The molecule has 7 heteroatoms. The minimum Gasteiger partial charge on any atom is -0.493 e. The van der Waals surface area contributed by atoms with E-state index in [1.165, 1.54) is 12.1 Å². The number of aromatic nitrogens is 1. The number of likely N-dealkylation sites (tertiary alicyclic amines) is 1. The number of rotatable bonds is 6. The van der Waals surface area contributed by atoms with Gasteiger partial charge in [0.15, 0.2) is 17.1 Å². The van der Waals surface area contributed by atoms with Crippen LogP contribution in [-0.4, -0.2) is 43.3 Å². The summed E-state index contributed by atoms with van der Waals surface area (Å²) in [5.41, 5.74) is 2.37. The lowest BCUT2D eigenvalue weighted by molar-refractivity contribution is -0.132. The van der Waals surface area contributed by atoms with Gasteiger partial charge in [0, 0.05) is 36.9 Å². The predicted octanol–water partition coefficient (Wildman–Crippen LogP) is 4.32. The van der Waals surface area contributed by atoms with Gasteiger partial charge in [-0.25, -0.2) is 4.39 Å². The normalized spacial score (nSPS) is 14.8. The third-order valence-electron chi connectivity index (χ3n) is 5.77. The van der Waals surface area contributed by atoms with Crippen molar-refractivity contribution in [2.75, 3.05) is 27.3 Å². The highest BCUT2D eigenvalue weighted by Crippen LogP contribution is 2.33. The van der Waals surface area contributed by atoms with Crippen molar-refractivity contribution < 1.29 is 23.2 Å². The first-order valence-corrected chi connectivity index (χ1v) is 10.1. The molecule has 0 radical (unpaired) electrons. The Kier molecular flexibility index (Phi) is 5.88. The van der Waals surface area contributed by atoms with Crippen molar-refractivity contribution in [3.63, 3.8) is 0 Å². The first kappa shape index (κ1) is 20.2. The van der Waals surface area contributed by atoms with E-state index in [0.29, 0.717) is 43.0 Å². The zero-order valence-electron chi connectivity index (χ0n) is 17.2. The van der Waals surface area contributed by atoms with Gasteiger partial charge in [-0.15, -0.1) is 0 Å². The van der Waals surface area contributed by atoms with Crippen LogP contribution in [0, 0.1) is 5.82 Å². The third kappa shape index (κ3) is 4.10. The molecule has 0 spiro atoms. The van der Waals surface area contributed by atoms with E-state index in [9.17, 15) is 9.18 Å². The Labute approximate surface area is 174 Å². The molecule has 0 aliphatic carbocycles. The van der Waals surface area contributed by atoms with Crippen LogP contribution in [0.3, 0.4) is 0 Å². The molecule has 1 aliphatic rings. The number of ether oxygens (including phenoxy) is 2. The monoisotopic (exact) mass is 412 g/mol. The number of hydrogen-bond acceptors (Lipinski definition) is 5. The second-order valence-electron chi connectivity index (χ2n) is 7.55. The number of hydrogen-bond donors (Lipinski definition) is 0. The largest absolute Gasteiger partial charge is 0.493 e. The Balaban J connectivity index is 1.33. The zero-order valence-corrected chi connectivity index (χ0v) is 17.2. The van der Waals surface area contributed by atoms with Crippen molar-refractivity contribution in [2.45, 2.75) is 31.6 Å². The van der Waals surface area contributed by atoms with Gasteiger partial charge in [0.25, 0.3) is 0 Å². The average Bonchev–Trinajstić information content (AvgIpc) is 3.20. The molecule has 0 bridgehead atoms. The molecular formula is C23H25FN2O4. The van der Waals surface area contributed by atoms with Crippen LogP contribution in [0.4, 0.5) is 4.39 Å². The highest BCUT2D eigenvalue weighted by molar-refractivity contribution is 5.80. The lowest BCUT2D eigenvalue weighted by Crippen LogP contribution is -2.38. The second kappa shape index (κ2) is 8.73. The smallest absolute Gasteiger partial charge is 0.222 e. The fourth-order valence-corrected chi connectivity index (χ4v) is 4.07. The van der Waals surface area contributed by atoms with Crippen molar-refractivity contribution >= 4 is 16.9 Å². The molecule has 158 valence electrons. The second-order valence-corrected chi connectivity index (χ2v) is 7.55. The molecule has 1 aliphatic heterocycles. The van der Waals surface area contributed by atoms with Crippen LogP contribution in [0.15, 0.2) is 40.9 Å². The number of amides is 1. The number of halogens is 1. The third-order valence-corrected chi connectivity index (χ3v) is 5.77. The van der Waals surface area contributed by atoms with Crippen LogP contribution in [0.2, 0.25) is 0 Å². The van der Waals surface area contributed by atoms with E-state index in [0.717, 1.165) is 29.5 Å². The lowest BCUT2D eigenvalue weighted by Gasteiger charge is -2.31. The van der Waals surface area contributed by atoms with Gasteiger partial charge in [0.2, 0.25) is 5.91 Å². The fraction of sp³-hybridized carbons (Fsp3) is 0.391. The van der Waals surface area contributed by atoms with Crippen LogP contribution in [0.5, 0.6) is 11.5 Å². The van der Waals surface area contributed by atoms with Gasteiger partial charge in [0.1, 0.15) is 5.82 Å². The van der Waals surface area contributed by atoms with E-state index in [1.807, 2.05) is 23.1 Å². The summed E-state index contributed by atoms with van der Waals surface area (Å²) in [6.07, 6.45) is 2.74. The van der Waals surface area contributed by atoms with Crippen LogP contribution >= 0.6 is 0 Å². The van der Waals surface area contributed by atoms with E-state index >= 15 is 0 Å².